The van der Waals surface area contributed by atoms with Gasteiger partial charge in [0.25, 0.3) is 0 Å². The monoisotopic (exact) mass is 274 g/mol. The number of benzene rings is 1. The molecule has 1 unspecified atom stereocenters. The smallest absolute Gasteiger partial charge is 0.0354 e. The molecule has 20 heavy (non-hydrogen) atoms. The lowest BCUT2D eigenvalue weighted by Crippen LogP contribution is -2.40. The maximum atomic E-state index is 5.94. The fourth-order valence-corrected chi connectivity index (χ4v) is 3.33. The summed E-state index contributed by atoms with van der Waals surface area (Å²) in [5.74, 6) is 0. The van der Waals surface area contributed by atoms with Crippen molar-refractivity contribution in [3.8, 4) is 0 Å². The van der Waals surface area contributed by atoms with Crippen molar-refractivity contribution >= 4 is 0 Å². The van der Waals surface area contributed by atoms with Crippen molar-refractivity contribution in [2.24, 2.45) is 11.1 Å². The van der Waals surface area contributed by atoms with Crippen LogP contribution in [-0.4, -0.2) is 24.5 Å². The fraction of sp³-hybridized carbons (Fsp3) is 0.667. The van der Waals surface area contributed by atoms with E-state index in [9.17, 15) is 0 Å². The van der Waals surface area contributed by atoms with E-state index in [1.165, 1.54) is 31.4 Å². The minimum Gasteiger partial charge on any atom is -0.330 e. The molecule has 1 atom stereocenters. The number of nitrogens with two attached hydrogens (primary N) is 1. The van der Waals surface area contributed by atoms with Crippen LogP contribution in [0, 0.1) is 12.3 Å². The third-order valence-electron chi connectivity index (χ3n) is 4.48. The van der Waals surface area contributed by atoms with E-state index in [1.807, 2.05) is 0 Å². The highest BCUT2D eigenvalue weighted by Crippen LogP contribution is 2.37. The standard InChI is InChI=1S/C18H30N2/c1-5-10-20(13-18(3,4)12-19)17-9-8-15-7-6-14(2)11-16(15)17/h6-7,11,17H,5,8-10,12-13,19H2,1-4H3. The predicted octanol–water partition coefficient (Wildman–Crippen LogP) is 3.68. The van der Waals surface area contributed by atoms with Crippen LogP contribution >= 0.6 is 0 Å². The molecule has 2 heteroatoms. The van der Waals surface area contributed by atoms with Gasteiger partial charge in [0.2, 0.25) is 0 Å². The van der Waals surface area contributed by atoms with Crippen molar-refractivity contribution in [1.82, 2.24) is 4.90 Å². The third-order valence-corrected chi connectivity index (χ3v) is 4.48. The third kappa shape index (κ3) is 3.42. The average Bonchev–Trinajstić information content (AvgIpc) is 2.81. The highest BCUT2D eigenvalue weighted by molar-refractivity contribution is 5.37. The summed E-state index contributed by atoms with van der Waals surface area (Å²) in [5.41, 5.74) is 10.6. The second kappa shape index (κ2) is 6.28. The SMILES string of the molecule is CCCN(CC(C)(C)CN)C1CCc2ccc(C)cc21. The van der Waals surface area contributed by atoms with Crippen LogP contribution in [0.4, 0.5) is 0 Å². The van der Waals surface area contributed by atoms with Gasteiger partial charge in [0.05, 0.1) is 0 Å². The zero-order valence-corrected chi connectivity index (χ0v) is 13.6. The summed E-state index contributed by atoms with van der Waals surface area (Å²) < 4.78 is 0. The summed E-state index contributed by atoms with van der Waals surface area (Å²) in [6.07, 6.45) is 3.70. The zero-order valence-electron chi connectivity index (χ0n) is 13.6. The summed E-state index contributed by atoms with van der Waals surface area (Å²) in [6, 6.07) is 7.55. The summed E-state index contributed by atoms with van der Waals surface area (Å²) in [6.45, 7) is 12.0. The molecule has 1 aromatic rings. The number of rotatable bonds is 6. The first-order valence-corrected chi connectivity index (χ1v) is 8.00. The number of aryl methyl sites for hydroxylation is 2. The van der Waals surface area contributed by atoms with Gasteiger partial charge in [-0.1, -0.05) is 44.5 Å². The van der Waals surface area contributed by atoms with Crippen LogP contribution in [0.2, 0.25) is 0 Å². The van der Waals surface area contributed by atoms with Crippen LogP contribution < -0.4 is 5.73 Å². The second-order valence-electron chi connectivity index (χ2n) is 7.10. The summed E-state index contributed by atoms with van der Waals surface area (Å²) in [7, 11) is 0. The van der Waals surface area contributed by atoms with Gasteiger partial charge < -0.3 is 5.73 Å². The van der Waals surface area contributed by atoms with Crippen molar-refractivity contribution in [2.75, 3.05) is 19.6 Å². The molecule has 0 bridgehead atoms. The van der Waals surface area contributed by atoms with Crippen LogP contribution in [0.15, 0.2) is 18.2 Å². The van der Waals surface area contributed by atoms with Crippen LogP contribution in [-0.2, 0) is 6.42 Å². The first-order valence-electron chi connectivity index (χ1n) is 8.00. The van der Waals surface area contributed by atoms with Gasteiger partial charge in [-0.05, 0) is 55.8 Å². The highest BCUT2D eigenvalue weighted by Gasteiger charge is 2.30. The quantitative estimate of drug-likeness (QED) is 0.857. The van der Waals surface area contributed by atoms with Crippen molar-refractivity contribution in [1.29, 1.82) is 0 Å². The number of nitrogens with zero attached hydrogens (tertiary/aromatic N) is 1. The average molecular weight is 274 g/mol. The Morgan fingerprint density at radius 3 is 2.75 bits per heavy atom. The lowest BCUT2D eigenvalue weighted by Gasteiger charge is -2.36. The Morgan fingerprint density at radius 2 is 2.10 bits per heavy atom. The van der Waals surface area contributed by atoms with Crippen LogP contribution in [0.3, 0.4) is 0 Å². The van der Waals surface area contributed by atoms with E-state index in [4.69, 9.17) is 5.73 Å². The van der Waals surface area contributed by atoms with Crippen molar-refractivity contribution in [3.63, 3.8) is 0 Å². The molecule has 112 valence electrons. The summed E-state index contributed by atoms with van der Waals surface area (Å²) in [5, 5.41) is 0. The van der Waals surface area contributed by atoms with E-state index >= 15 is 0 Å². The van der Waals surface area contributed by atoms with E-state index in [-0.39, 0.29) is 5.41 Å². The fourth-order valence-electron chi connectivity index (χ4n) is 3.33. The van der Waals surface area contributed by atoms with Crippen LogP contribution in [0.25, 0.3) is 0 Å². The predicted molar refractivity (Wildman–Crippen MR) is 86.9 cm³/mol. The van der Waals surface area contributed by atoms with Crippen LogP contribution in [0.5, 0.6) is 0 Å². The van der Waals surface area contributed by atoms with Crippen LogP contribution in [0.1, 0.15) is 56.3 Å². The van der Waals surface area contributed by atoms with Gasteiger partial charge in [0.15, 0.2) is 0 Å². The van der Waals surface area contributed by atoms with E-state index in [0.717, 1.165) is 13.1 Å². The topological polar surface area (TPSA) is 29.3 Å². The van der Waals surface area contributed by atoms with Crippen molar-refractivity contribution in [3.05, 3.63) is 34.9 Å². The summed E-state index contributed by atoms with van der Waals surface area (Å²) >= 11 is 0. The molecular formula is C18H30N2. The first kappa shape index (κ1) is 15.5. The Balaban J connectivity index is 2.22. The Labute approximate surface area is 124 Å². The maximum absolute atomic E-state index is 5.94. The minimum atomic E-state index is 0.196. The van der Waals surface area contributed by atoms with Gasteiger partial charge in [0.1, 0.15) is 0 Å². The Hall–Kier alpha value is -0.860. The van der Waals surface area contributed by atoms with Gasteiger partial charge in [-0.15, -0.1) is 0 Å². The minimum absolute atomic E-state index is 0.196. The van der Waals surface area contributed by atoms with E-state index < -0.39 is 0 Å². The molecule has 2 nitrogen and oxygen atoms in total. The van der Waals surface area contributed by atoms with Gasteiger partial charge in [-0.3, -0.25) is 4.90 Å². The Morgan fingerprint density at radius 1 is 1.35 bits per heavy atom. The lowest BCUT2D eigenvalue weighted by molar-refractivity contribution is 0.131. The number of hydrogen-bond donors (Lipinski definition) is 1. The van der Waals surface area contributed by atoms with E-state index in [1.54, 1.807) is 11.1 Å². The molecule has 2 N–H and O–H groups in total. The number of hydrogen-bond acceptors (Lipinski definition) is 2. The molecule has 2 rings (SSSR count). The van der Waals surface area contributed by atoms with Gasteiger partial charge >= 0.3 is 0 Å². The summed E-state index contributed by atoms with van der Waals surface area (Å²) in [4.78, 5) is 2.66. The molecule has 1 aliphatic carbocycles. The van der Waals surface area contributed by atoms with Crippen molar-refractivity contribution < 1.29 is 0 Å². The van der Waals surface area contributed by atoms with Gasteiger partial charge in [-0.25, -0.2) is 0 Å². The molecule has 0 radical (unpaired) electrons. The molecule has 0 heterocycles. The molecule has 1 aliphatic rings. The Kier molecular flexibility index (Phi) is 4.87. The zero-order chi connectivity index (χ0) is 14.8. The first-order chi connectivity index (χ1) is 9.46. The van der Waals surface area contributed by atoms with Gasteiger partial charge in [0, 0.05) is 12.6 Å². The van der Waals surface area contributed by atoms with Crippen molar-refractivity contribution in [2.45, 2.75) is 53.0 Å². The molecule has 0 aliphatic heterocycles. The molecule has 1 aromatic carbocycles. The maximum Gasteiger partial charge on any atom is 0.0354 e. The molecule has 0 fully saturated rings. The molecular weight excluding hydrogens is 244 g/mol. The lowest BCUT2D eigenvalue weighted by atomic mass is 9.91. The molecule has 0 saturated carbocycles. The van der Waals surface area contributed by atoms with Gasteiger partial charge in [-0.2, -0.15) is 0 Å². The van der Waals surface area contributed by atoms with E-state index in [0.29, 0.717) is 6.04 Å². The van der Waals surface area contributed by atoms with E-state index in [2.05, 4.69) is 50.8 Å². The molecule has 0 amide bonds. The largest absolute Gasteiger partial charge is 0.330 e. The molecule has 0 aromatic heterocycles. The second-order valence-corrected chi connectivity index (χ2v) is 7.10. The highest BCUT2D eigenvalue weighted by atomic mass is 15.2. The molecule has 0 saturated heterocycles. The normalized spacial score (nSPS) is 18.6. The number of fused-ring (bicyclic) bond motifs is 1. The Bertz CT molecular complexity index is 451. The molecule has 0 spiro atoms.